The number of nitriles is 1. The predicted molar refractivity (Wildman–Crippen MR) is 101 cm³/mol. The minimum Gasteiger partial charge on any atom is -0.481 e. The van der Waals surface area contributed by atoms with Gasteiger partial charge in [-0.15, -0.1) is 0 Å². The molecule has 0 spiro atoms. The molecular formula is C21H19N3O3. The molecule has 1 unspecified atom stereocenters. The molecule has 0 saturated heterocycles. The molecule has 6 heteroatoms. The van der Waals surface area contributed by atoms with E-state index in [0.717, 1.165) is 12.0 Å². The first-order chi connectivity index (χ1) is 13.1. The van der Waals surface area contributed by atoms with Gasteiger partial charge in [-0.2, -0.15) is 5.26 Å². The van der Waals surface area contributed by atoms with E-state index < -0.39 is 6.10 Å². The molecule has 1 aromatic heterocycles. The summed E-state index contributed by atoms with van der Waals surface area (Å²) in [6.07, 6.45) is 0.229. The lowest BCUT2D eigenvalue weighted by Crippen LogP contribution is -2.29. The van der Waals surface area contributed by atoms with E-state index in [1.54, 1.807) is 37.3 Å². The highest BCUT2D eigenvalue weighted by molar-refractivity contribution is 5.93. The van der Waals surface area contributed by atoms with Crippen LogP contribution >= 0.6 is 0 Å². The summed E-state index contributed by atoms with van der Waals surface area (Å²) >= 11 is 0. The Morgan fingerprint density at radius 2 is 1.93 bits per heavy atom. The summed E-state index contributed by atoms with van der Waals surface area (Å²) in [4.78, 5) is 12.3. The topological polar surface area (TPSA) is 88.1 Å². The van der Waals surface area contributed by atoms with Gasteiger partial charge in [0.1, 0.15) is 11.4 Å². The summed E-state index contributed by atoms with van der Waals surface area (Å²) < 4.78 is 10.8. The lowest BCUT2D eigenvalue weighted by atomic mass is 10.1. The smallest absolute Gasteiger partial charge is 0.267 e. The van der Waals surface area contributed by atoms with E-state index in [9.17, 15) is 4.79 Å². The number of carbonyl (C=O) groups excluding carboxylic acids is 1. The Kier molecular flexibility index (Phi) is 5.53. The zero-order chi connectivity index (χ0) is 19.2. The molecule has 0 aliphatic rings. The van der Waals surface area contributed by atoms with Crippen molar-refractivity contribution in [3.8, 4) is 23.1 Å². The van der Waals surface area contributed by atoms with Crippen molar-refractivity contribution >= 4 is 11.8 Å². The largest absolute Gasteiger partial charge is 0.481 e. The van der Waals surface area contributed by atoms with Gasteiger partial charge < -0.3 is 9.26 Å². The first-order valence-corrected chi connectivity index (χ1v) is 8.62. The lowest BCUT2D eigenvalue weighted by Gasteiger charge is -2.13. The van der Waals surface area contributed by atoms with Crippen LogP contribution in [-0.4, -0.2) is 17.2 Å². The molecule has 3 aromatic rings. The van der Waals surface area contributed by atoms with Crippen molar-refractivity contribution in [1.29, 1.82) is 5.26 Å². The summed E-state index contributed by atoms with van der Waals surface area (Å²) in [6.45, 7) is 3.73. The molecule has 1 amide bonds. The van der Waals surface area contributed by atoms with Gasteiger partial charge in [0.15, 0.2) is 6.10 Å². The van der Waals surface area contributed by atoms with Crippen LogP contribution in [0.5, 0.6) is 5.75 Å². The highest BCUT2D eigenvalue weighted by Crippen LogP contribution is 2.22. The molecule has 0 fully saturated rings. The van der Waals surface area contributed by atoms with Crippen molar-refractivity contribution in [2.45, 2.75) is 26.4 Å². The fourth-order valence-electron chi connectivity index (χ4n) is 2.47. The van der Waals surface area contributed by atoms with Crippen LogP contribution in [-0.2, 0) is 11.2 Å². The van der Waals surface area contributed by atoms with Crippen LogP contribution in [0.25, 0.3) is 11.3 Å². The molecule has 2 aromatic carbocycles. The highest BCUT2D eigenvalue weighted by Gasteiger charge is 2.17. The third kappa shape index (κ3) is 4.53. The summed E-state index contributed by atoms with van der Waals surface area (Å²) in [5.41, 5.74) is 3.33. The van der Waals surface area contributed by atoms with Gasteiger partial charge in [-0.25, -0.2) is 0 Å². The number of amides is 1. The Bertz CT molecular complexity index is 954. The van der Waals surface area contributed by atoms with Gasteiger partial charge in [-0.3, -0.25) is 10.1 Å². The van der Waals surface area contributed by atoms with Crippen molar-refractivity contribution in [2.75, 3.05) is 5.32 Å². The summed E-state index contributed by atoms with van der Waals surface area (Å²) in [7, 11) is 0. The van der Waals surface area contributed by atoms with Crippen LogP contribution in [0, 0.1) is 11.3 Å². The molecule has 0 saturated carbocycles. The van der Waals surface area contributed by atoms with Crippen molar-refractivity contribution in [3.05, 3.63) is 65.7 Å². The third-order valence-electron chi connectivity index (χ3n) is 4.08. The third-order valence-corrected chi connectivity index (χ3v) is 4.08. The predicted octanol–water partition coefficient (Wildman–Crippen LogP) is 4.18. The first kappa shape index (κ1) is 18.2. The van der Waals surface area contributed by atoms with E-state index >= 15 is 0 Å². The summed E-state index contributed by atoms with van der Waals surface area (Å²) in [5.74, 6) is 0.402. The van der Waals surface area contributed by atoms with E-state index in [2.05, 4.69) is 17.4 Å². The van der Waals surface area contributed by atoms with Gasteiger partial charge in [0.2, 0.25) is 5.88 Å². The average molecular weight is 361 g/mol. The Balaban J connectivity index is 1.61. The quantitative estimate of drug-likeness (QED) is 0.711. The molecule has 0 aliphatic heterocycles. The van der Waals surface area contributed by atoms with Crippen molar-refractivity contribution in [2.24, 2.45) is 0 Å². The molecule has 3 rings (SSSR count). The number of anilines is 1. The minimum atomic E-state index is -0.740. The van der Waals surface area contributed by atoms with Crippen LogP contribution in [0.4, 0.5) is 5.88 Å². The van der Waals surface area contributed by atoms with E-state index in [0.29, 0.717) is 17.0 Å². The van der Waals surface area contributed by atoms with Gasteiger partial charge in [-0.1, -0.05) is 36.3 Å². The maximum absolute atomic E-state index is 12.3. The summed E-state index contributed by atoms with van der Waals surface area (Å²) in [5, 5.41) is 15.4. The number of carbonyl (C=O) groups is 1. The molecule has 0 radical (unpaired) electrons. The molecule has 1 heterocycles. The monoisotopic (exact) mass is 361 g/mol. The van der Waals surface area contributed by atoms with Gasteiger partial charge in [0, 0.05) is 11.6 Å². The van der Waals surface area contributed by atoms with Crippen molar-refractivity contribution in [3.63, 3.8) is 0 Å². The number of hydrogen-bond donors (Lipinski definition) is 1. The van der Waals surface area contributed by atoms with Crippen LogP contribution in [0.3, 0.4) is 0 Å². The number of nitrogens with one attached hydrogen (secondary N) is 1. The molecule has 27 heavy (non-hydrogen) atoms. The van der Waals surface area contributed by atoms with Crippen LogP contribution in [0.2, 0.25) is 0 Å². The van der Waals surface area contributed by atoms with E-state index in [1.165, 1.54) is 5.56 Å². The molecule has 136 valence electrons. The summed E-state index contributed by atoms with van der Waals surface area (Å²) in [6, 6.07) is 18.3. The van der Waals surface area contributed by atoms with Gasteiger partial charge >= 0.3 is 0 Å². The van der Waals surface area contributed by atoms with Crippen LogP contribution in [0.15, 0.2) is 59.1 Å². The van der Waals surface area contributed by atoms with Crippen LogP contribution in [0.1, 0.15) is 25.0 Å². The molecule has 0 aliphatic carbocycles. The second-order valence-electron chi connectivity index (χ2n) is 6.01. The maximum Gasteiger partial charge on any atom is 0.267 e. The maximum atomic E-state index is 12.3. The number of ether oxygens (including phenoxy) is 1. The van der Waals surface area contributed by atoms with Gasteiger partial charge in [0.25, 0.3) is 5.91 Å². The number of aryl methyl sites for hydroxylation is 1. The number of benzene rings is 2. The van der Waals surface area contributed by atoms with Crippen molar-refractivity contribution in [1.82, 2.24) is 5.16 Å². The number of hydrogen-bond acceptors (Lipinski definition) is 5. The first-order valence-electron chi connectivity index (χ1n) is 8.62. The van der Waals surface area contributed by atoms with E-state index in [4.69, 9.17) is 14.5 Å². The van der Waals surface area contributed by atoms with Crippen LogP contribution < -0.4 is 10.1 Å². The van der Waals surface area contributed by atoms with Crippen molar-refractivity contribution < 1.29 is 14.1 Å². The fraction of sp³-hybridized carbons (Fsp3) is 0.190. The number of aromatic nitrogens is 1. The minimum absolute atomic E-state index is 0.254. The lowest BCUT2D eigenvalue weighted by molar-refractivity contribution is -0.122. The molecule has 1 atom stereocenters. The molecular weight excluding hydrogens is 342 g/mol. The van der Waals surface area contributed by atoms with Gasteiger partial charge in [0.05, 0.1) is 11.6 Å². The Labute approximate surface area is 157 Å². The Morgan fingerprint density at radius 3 is 2.56 bits per heavy atom. The second-order valence-corrected chi connectivity index (χ2v) is 6.01. The van der Waals surface area contributed by atoms with E-state index in [-0.39, 0.29) is 11.8 Å². The normalized spacial score (nSPS) is 11.4. The number of rotatable bonds is 6. The Morgan fingerprint density at radius 1 is 1.22 bits per heavy atom. The standard InChI is InChI=1S/C21H19N3O3/c1-3-15-4-8-17(9-5-15)19-12-20(27-24-19)23-21(25)14(2)26-18-10-6-16(13-22)7-11-18/h4-12,14H,3H2,1-2H3,(H,23,25). The SMILES string of the molecule is CCc1ccc(-c2cc(NC(=O)C(C)Oc3ccc(C#N)cc3)on2)cc1. The number of nitrogens with zero attached hydrogens (tertiary/aromatic N) is 2. The molecule has 0 bridgehead atoms. The zero-order valence-electron chi connectivity index (χ0n) is 15.1. The van der Waals surface area contributed by atoms with E-state index in [1.807, 2.05) is 30.3 Å². The van der Waals surface area contributed by atoms with Gasteiger partial charge in [-0.05, 0) is 43.2 Å². The second kappa shape index (κ2) is 8.19. The molecule has 6 nitrogen and oxygen atoms in total. The highest BCUT2D eigenvalue weighted by atomic mass is 16.5. The average Bonchev–Trinajstić information content (AvgIpc) is 3.17. The fourth-order valence-corrected chi connectivity index (χ4v) is 2.47. The zero-order valence-corrected chi connectivity index (χ0v) is 15.1. The Hall–Kier alpha value is -3.59. The molecule has 1 N–H and O–H groups in total.